The van der Waals surface area contributed by atoms with Crippen LogP contribution in [0.2, 0.25) is 0 Å². The van der Waals surface area contributed by atoms with Crippen molar-refractivity contribution in [2.24, 2.45) is 5.73 Å². The van der Waals surface area contributed by atoms with Gasteiger partial charge in [0.1, 0.15) is 5.75 Å². The molecule has 0 radical (unpaired) electrons. The van der Waals surface area contributed by atoms with Gasteiger partial charge in [-0.15, -0.1) is 0 Å². The second-order valence-electron chi connectivity index (χ2n) is 4.22. The van der Waals surface area contributed by atoms with Crippen LogP contribution < -0.4 is 21.1 Å². The third-order valence-corrected chi connectivity index (χ3v) is 2.77. The molecular weight excluding hydrogens is 270 g/mol. The number of ether oxygens (including phenoxy) is 1. The molecule has 108 valence electrons. The average molecular weight is 285 g/mol. The summed E-state index contributed by atoms with van der Waals surface area (Å²) in [5, 5.41) is 5.33. The molecule has 6 heteroatoms. The Hall–Kier alpha value is -3.02. The number of carbonyl (C=O) groups is 2. The van der Waals surface area contributed by atoms with E-state index in [-0.39, 0.29) is 0 Å². The number of primary amides is 1. The summed E-state index contributed by atoms with van der Waals surface area (Å²) < 4.78 is 5.14. The summed E-state index contributed by atoms with van der Waals surface area (Å²) >= 11 is 0. The minimum absolute atomic E-state index is 0.306. The van der Waals surface area contributed by atoms with Crippen LogP contribution in [-0.2, 0) is 0 Å². The number of carbonyl (C=O) groups excluding carboxylic acids is 2. The zero-order valence-electron chi connectivity index (χ0n) is 11.4. The number of benzene rings is 2. The molecule has 0 aliphatic carbocycles. The van der Waals surface area contributed by atoms with Crippen LogP contribution in [0.4, 0.5) is 16.2 Å². The maximum absolute atomic E-state index is 11.9. The summed E-state index contributed by atoms with van der Waals surface area (Å²) in [5.74, 6) is -0.205. The number of urea groups is 1. The number of nitrogens with one attached hydrogen (secondary N) is 2. The predicted octanol–water partition coefficient (Wildman–Crippen LogP) is 2.44. The molecule has 0 aliphatic rings. The summed E-state index contributed by atoms with van der Waals surface area (Å²) in [7, 11) is 1.44. The zero-order chi connectivity index (χ0) is 15.2. The maximum Gasteiger partial charge on any atom is 0.323 e. The Labute approximate surface area is 121 Å². The summed E-state index contributed by atoms with van der Waals surface area (Å²) in [6, 6.07) is 13.2. The first-order valence-corrected chi connectivity index (χ1v) is 6.21. The quantitative estimate of drug-likeness (QED) is 0.805. The van der Waals surface area contributed by atoms with E-state index in [2.05, 4.69) is 10.6 Å². The molecule has 0 atom stereocenters. The molecule has 0 heterocycles. The Kier molecular flexibility index (Phi) is 4.40. The van der Waals surface area contributed by atoms with Crippen LogP contribution in [0.1, 0.15) is 10.4 Å². The molecule has 2 aromatic rings. The molecule has 2 rings (SSSR count). The summed E-state index contributed by atoms with van der Waals surface area (Å²) in [5.41, 5.74) is 6.61. The van der Waals surface area contributed by atoms with Crippen molar-refractivity contribution >= 4 is 23.3 Å². The topological polar surface area (TPSA) is 93.4 Å². The molecule has 0 bridgehead atoms. The summed E-state index contributed by atoms with van der Waals surface area (Å²) in [6.07, 6.45) is 0. The first kappa shape index (κ1) is 14.4. The van der Waals surface area contributed by atoms with E-state index < -0.39 is 11.9 Å². The standard InChI is InChI=1S/C15H15N3O3/c1-21-13-9-10(14(16)19)7-8-12(13)18-15(20)17-11-5-3-2-4-6-11/h2-9H,1H3,(H2,16,19)(H2,17,18,20). The fourth-order valence-electron chi connectivity index (χ4n) is 1.75. The van der Waals surface area contributed by atoms with E-state index in [1.54, 1.807) is 18.2 Å². The van der Waals surface area contributed by atoms with Gasteiger partial charge < -0.3 is 21.1 Å². The van der Waals surface area contributed by atoms with Gasteiger partial charge in [0, 0.05) is 11.3 Å². The van der Waals surface area contributed by atoms with Crippen LogP contribution in [0, 0.1) is 0 Å². The minimum Gasteiger partial charge on any atom is -0.495 e. The summed E-state index contributed by atoms with van der Waals surface area (Å²) in [6.45, 7) is 0. The number of methoxy groups -OCH3 is 1. The van der Waals surface area contributed by atoms with E-state index in [0.717, 1.165) is 0 Å². The van der Waals surface area contributed by atoms with E-state index >= 15 is 0 Å². The molecule has 0 saturated carbocycles. The molecule has 0 spiro atoms. The number of nitrogens with two attached hydrogens (primary N) is 1. The van der Waals surface area contributed by atoms with E-state index in [9.17, 15) is 9.59 Å². The lowest BCUT2D eigenvalue weighted by Crippen LogP contribution is -2.20. The Morgan fingerprint density at radius 1 is 1.05 bits per heavy atom. The van der Waals surface area contributed by atoms with Crippen molar-refractivity contribution in [3.63, 3.8) is 0 Å². The van der Waals surface area contributed by atoms with Gasteiger partial charge in [-0.05, 0) is 30.3 Å². The van der Waals surface area contributed by atoms with Gasteiger partial charge in [-0.25, -0.2) is 4.79 Å². The van der Waals surface area contributed by atoms with Gasteiger partial charge in [-0.3, -0.25) is 4.79 Å². The number of hydrogen-bond acceptors (Lipinski definition) is 3. The lowest BCUT2D eigenvalue weighted by atomic mass is 10.2. The number of rotatable bonds is 4. The number of amides is 3. The van der Waals surface area contributed by atoms with Crippen molar-refractivity contribution in [3.8, 4) is 5.75 Å². The molecule has 6 nitrogen and oxygen atoms in total. The van der Waals surface area contributed by atoms with Crippen molar-refractivity contribution in [1.82, 2.24) is 0 Å². The van der Waals surface area contributed by atoms with Gasteiger partial charge in [-0.2, -0.15) is 0 Å². The van der Waals surface area contributed by atoms with E-state index in [4.69, 9.17) is 10.5 Å². The summed E-state index contributed by atoms with van der Waals surface area (Å²) in [4.78, 5) is 23.0. The van der Waals surface area contributed by atoms with Gasteiger partial charge in [0.25, 0.3) is 0 Å². The molecule has 0 fully saturated rings. The van der Waals surface area contributed by atoms with Crippen LogP contribution in [0.3, 0.4) is 0 Å². The molecule has 21 heavy (non-hydrogen) atoms. The molecule has 3 amide bonds. The number of anilines is 2. The van der Waals surface area contributed by atoms with E-state index in [1.165, 1.54) is 19.2 Å². The molecule has 0 saturated heterocycles. The Morgan fingerprint density at radius 2 is 1.76 bits per heavy atom. The Balaban J connectivity index is 2.12. The second-order valence-corrected chi connectivity index (χ2v) is 4.22. The maximum atomic E-state index is 11.9. The molecule has 0 unspecified atom stereocenters. The first-order valence-electron chi connectivity index (χ1n) is 6.21. The van der Waals surface area contributed by atoms with Crippen molar-refractivity contribution < 1.29 is 14.3 Å². The number of hydrogen-bond donors (Lipinski definition) is 3. The Bertz CT molecular complexity index is 656. The molecular formula is C15H15N3O3. The monoisotopic (exact) mass is 285 g/mol. The van der Waals surface area contributed by atoms with Gasteiger partial charge in [0.2, 0.25) is 5.91 Å². The molecule has 2 aromatic carbocycles. The van der Waals surface area contributed by atoms with Gasteiger partial charge in [-0.1, -0.05) is 18.2 Å². The van der Waals surface area contributed by atoms with Crippen LogP contribution in [0.25, 0.3) is 0 Å². The van der Waals surface area contributed by atoms with Crippen molar-refractivity contribution in [1.29, 1.82) is 0 Å². The number of para-hydroxylation sites is 1. The molecule has 4 N–H and O–H groups in total. The second kappa shape index (κ2) is 6.42. The van der Waals surface area contributed by atoms with E-state index in [0.29, 0.717) is 22.7 Å². The largest absolute Gasteiger partial charge is 0.495 e. The van der Waals surface area contributed by atoms with Crippen LogP contribution >= 0.6 is 0 Å². The normalized spacial score (nSPS) is 9.76. The van der Waals surface area contributed by atoms with Gasteiger partial charge >= 0.3 is 6.03 Å². The smallest absolute Gasteiger partial charge is 0.323 e. The Morgan fingerprint density at radius 3 is 2.38 bits per heavy atom. The highest BCUT2D eigenvalue weighted by atomic mass is 16.5. The van der Waals surface area contributed by atoms with Crippen LogP contribution in [0.15, 0.2) is 48.5 Å². The minimum atomic E-state index is -0.561. The SMILES string of the molecule is COc1cc(C(N)=O)ccc1NC(=O)Nc1ccccc1. The van der Waals surface area contributed by atoms with Gasteiger partial charge in [0.05, 0.1) is 12.8 Å². The molecule has 0 aliphatic heterocycles. The third kappa shape index (κ3) is 3.73. The van der Waals surface area contributed by atoms with Crippen molar-refractivity contribution in [2.45, 2.75) is 0 Å². The van der Waals surface area contributed by atoms with Crippen LogP contribution in [0.5, 0.6) is 5.75 Å². The van der Waals surface area contributed by atoms with Crippen LogP contribution in [-0.4, -0.2) is 19.0 Å². The fraction of sp³-hybridized carbons (Fsp3) is 0.0667. The van der Waals surface area contributed by atoms with Crippen molar-refractivity contribution in [2.75, 3.05) is 17.7 Å². The highest BCUT2D eigenvalue weighted by molar-refractivity contribution is 6.01. The lowest BCUT2D eigenvalue weighted by Gasteiger charge is -2.12. The fourth-order valence-corrected chi connectivity index (χ4v) is 1.75. The predicted molar refractivity (Wildman–Crippen MR) is 80.6 cm³/mol. The third-order valence-electron chi connectivity index (χ3n) is 2.77. The van der Waals surface area contributed by atoms with E-state index in [1.807, 2.05) is 18.2 Å². The molecule has 0 aromatic heterocycles. The van der Waals surface area contributed by atoms with Gasteiger partial charge in [0.15, 0.2) is 0 Å². The first-order chi connectivity index (χ1) is 10.1. The van der Waals surface area contributed by atoms with Crippen molar-refractivity contribution in [3.05, 3.63) is 54.1 Å². The highest BCUT2D eigenvalue weighted by Crippen LogP contribution is 2.25. The highest BCUT2D eigenvalue weighted by Gasteiger charge is 2.10. The lowest BCUT2D eigenvalue weighted by molar-refractivity contribution is 0.1000. The zero-order valence-corrected chi connectivity index (χ0v) is 11.4. The average Bonchev–Trinajstić information content (AvgIpc) is 2.48.